The lowest BCUT2D eigenvalue weighted by Gasteiger charge is -2.25. The van der Waals surface area contributed by atoms with E-state index in [0.717, 1.165) is 5.56 Å². The van der Waals surface area contributed by atoms with Crippen molar-refractivity contribution < 1.29 is 15.0 Å². The second kappa shape index (κ2) is 6.55. The third kappa shape index (κ3) is 3.84. The first-order chi connectivity index (χ1) is 8.43. The number of rotatable bonds is 6. The van der Waals surface area contributed by atoms with Crippen LogP contribution in [-0.2, 0) is 4.79 Å². The maximum atomic E-state index is 11.1. The summed E-state index contributed by atoms with van der Waals surface area (Å²) in [4.78, 5) is 11.1. The van der Waals surface area contributed by atoms with Crippen LogP contribution in [0.1, 0.15) is 38.7 Å². The summed E-state index contributed by atoms with van der Waals surface area (Å²) in [5, 5.41) is 19.2. The van der Waals surface area contributed by atoms with Crippen LogP contribution < -0.4 is 0 Å². The van der Waals surface area contributed by atoms with Crippen LogP contribution in [0, 0.1) is 11.8 Å². The average molecular weight is 250 g/mol. The smallest absolute Gasteiger partial charge is 0.309 e. The topological polar surface area (TPSA) is 57.5 Å². The number of aliphatic carboxylic acids is 1. The van der Waals surface area contributed by atoms with E-state index in [-0.39, 0.29) is 11.8 Å². The largest absolute Gasteiger partial charge is 0.481 e. The molecule has 0 saturated heterocycles. The molecule has 3 nitrogen and oxygen atoms in total. The number of carboxylic acids is 1. The first kappa shape index (κ1) is 14.7. The molecule has 3 unspecified atom stereocenters. The van der Waals surface area contributed by atoms with Crippen molar-refractivity contribution in [2.24, 2.45) is 11.8 Å². The standard InChI is InChI=1S/C15H22O3/c1-10(2)14(15(17)18)13(16)9-11(3)12-7-5-4-6-8-12/h4-8,10-11,13-14,16H,9H2,1-3H3,(H,17,18). The zero-order valence-corrected chi connectivity index (χ0v) is 11.2. The second-order valence-electron chi connectivity index (χ2n) is 5.22. The van der Waals surface area contributed by atoms with Gasteiger partial charge in [-0.2, -0.15) is 0 Å². The predicted molar refractivity (Wildman–Crippen MR) is 71.4 cm³/mol. The Bertz CT molecular complexity index is 373. The van der Waals surface area contributed by atoms with Crippen LogP contribution in [0.5, 0.6) is 0 Å². The average Bonchev–Trinajstić information content (AvgIpc) is 2.28. The summed E-state index contributed by atoms with van der Waals surface area (Å²) in [6.45, 7) is 5.67. The maximum Gasteiger partial charge on any atom is 0.309 e. The van der Waals surface area contributed by atoms with Crippen LogP contribution in [0.2, 0.25) is 0 Å². The third-order valence-corrected chi connectivity index (χ3v) is 3.38. The van der Waals surface area contributed by atoms with E-state index >= 15 is 0 Å². The zero-order valence-electron chi connectivity index (χ0n) is 11.2. The van der Waals surface area contributed by atoms with Crippen molar-refractivity contribution in [1.82, 2.24) is 0 Å². The van der Waals surface area contributed by atoms with Gasteiger partial charge < -0.3 is 10.2 Å². The first-order valence-corrected chi connectivity index (χ1v) is 6.39. The predicted octanol–water partition coefficient (Wildman–Crippen LogP) is 2.90. The molecule has 1 rings (SSSR count). The quantitative estimate of drug-likeness (QED) is 0.816. The van der Waals surface area contributed by atoms with Crippen LogP contribution in [0.3, 0.4) is 0 Å². The van der Waals surface area contributed by atoms with Gasteiger partial charge in [0.15, 0.2) is 0 Å². The van der Waals surface area contributed by atoms with Crippen LogP contribution in [0.4, 0.5) is 0 Å². The van der Waals surface area contributed by atoms with Crippen molar-refractivity contribution in [3.05, 3.63) is 35.9 Å². The molecule has 2 N–H and O–H groups in total. The number of hydrogen-bond acceptors (Lipinski definition) is 2. The lowest BCUT2D eigenvalue weighted by molar-refractivity contribution is -0.148. The van der Waals surface area contributed by atoms with Gasteiger partial charge in [-0.15, -0.1) is 0 Å². The number of benzene rings is 1. The molecule has 18 heavy (non-hydrogen) atoms. The highest BCUT2D eigenvalue weighted by Crippen LogP contribution is 2.26. The summed E-state index contributed by atoms with van der Waals surface area (Å²) < 4.78 is 0. The highest BCUT2D eigenvalue weighted by molar-refractivity contribution is 5.71. The van der Waals surface area contributed by atoms with Gasteiger partial charge in [-0.1, -0.05) is 51.1 Å². The monoisotopic (exact) mass is 250 g/mol. The van der Waals surface area contributed by atoms with E-state index < -0.39 is 18.0 Å². The SMILES string of the molecule is CC(CC(O)C(C(=O)O)C(C)C)c1ccccc1. The molecule has 0 radical (unpaired) electrons. The van der Waals surface area contributed by atoms with Crippen LogP contribution >= 0.6 is 0 Å². The number of hydrogen-bond donors (Lipinski definition) is 2. The van der Waals surface area contributed by atoms with Gasteiger partial charge in [-0.3, -0.25) is 4.79 Å². The van der Waals surface area contributed by atoms with E-state index in [0.29, 0.717) is 6.42 Å². The molecule has 0 fully saturated rings. The summed E-state index contributed by atoms with van der Waals surface area (Å²) in [6, 6.07) is 9.86. The van der Waals surface area contributed by atoms with E-state index in [1.807, 2.05) is 51.1 Å². The molecule has 0 heterocycles. The third-order valence-electron chi connectivity index (χ3n) is 3.38. The summed E-state index contributed by atoms with van der Waals surface area (Å²) in [5.74, 6) is -1.53. The first-order valence-electron chi connectivity index (χ1n) is 6.39. The lowest BCUT2D eigenvalue weighted by Crippen LogP contribution is -2.33. The molecule has 0 aromatic heterocycles. The summed E-state index contributed by atoms with van der Waals surface area (Å²) >= 11 is 0. The molecule has 0 aliphatic heterocycles. The van der Waals surface area contributed by atoms with Crippen molar-refractivity contribution in [2.75, 3.05) is 0 Å². The molecule has 1 aromatic rings. The Labute approximate surface area is 108 Å². The molecule has 0 bridgehead atoms. The minimum atomic E-state index is -0.919. The van der Waals surface area contributed by atoms with Crippen LogP contribution in [-0.4, -0.2) is 22.3 Å². The second-order valence-corrected chi connectivity index (χ2v) is 5.22. The van der Waals surface area contributed by atoms with E-state index in [2.05, 4.69) is 0 Å². The lowest BCUT2D eigenvalue weighted by atomic mass is 9.84. The van der Waals surface area contributed by atoms with Gasteiger partial charge in [0.05, 0.1) is 12.0 Å². The van der Waals surface area contributed by atoms with Crippen molar-refractivity contribution in [3.63, 3.8) is 0 Å². The highest BCUT2D eigenvalue weighted by atomic mass is 16.4. The minimum Gasteiger partial charge on any atom is -0.481 e. The highest BCUT2D eigenvalue weighted by Gasteiger charge is 2.30. The Morgan fingerprint density at radius 2 is 1.72 bits per heavy atom. The van der Waals surface area contributed by atoms with Gasteiger partial charge in [-0.25, -0.2) is 0 Å². The number of aliphatic hydroxyl groups excluding tert-OH is 1. The van der Waals surface area contributed by atoms with Crippen molar-refractivity contribution in [2.45, 2.75) is 39.2 Å². The molecule has 0 spiro atoms. The van der Waals surface area contributed by atoms with Gasteiger partial charge >= 0.3 is 5.97 Å². The molecular formula is C15H22O3. The molecule has 3 heteroatoms. The number of aliphatic hydroxyl groups is 1. The van der Waals surface area contributed by atoms with Crippen molar-refractivity contribution in [3.8, 4) is 0 Å². The Morgan fingerprint density at radius 3 is 2.17 bits per heavy atom. The van der Waals surface area contributed by atoms with Gasteiger partial charge in [-0.05, 0) is 23.8 Å². The minimum absolute atomic E-state index is 0.0690. The van der Waals surface area contributed by atoms with Gasteiger partial charge in [0, 0.05) is 0 Å². The van der Waals surface area contributed by atoms with E-state index in [1.165, 1.54) is 0 Å². The van der Waals surface area contributed by atoms with Crippen LogP contribution in [0.25, 0.3) is 0 Å². The summed E-state index contributed by atoms with van der Waals surface area (Å²) in [5.41, 5.74) is 1.13. The van der Waals surface area contributed by atoms with E-state index in [4.69, 9.17) is 5.11 Å². The molecule has 0 amide bonds. The Balaban J connectivity index is 2.69. The molecule has 0 aliphatic carbocycles. The Kier molecular flexibility index (Phi) is 5.35. The number of carboxylic acid groups (broad SMARTS) is 1. The zero-order chi connectivity index (χ0) is 13.7. The molecule has 0 saturated carbocycles. The fourth-order valence-corrected chi connectivity index (χ4v) is 2.32. The van der Waals surface area contributed by atoms with E-state index in [1.54, 1.807) is 0 Å². The fraction of sp³-hybridized carbons (Fsp3) is 0.533. The Morgan fingerprint density at radius 1 is 1.17 bits per heavy atom. The number of carbonyl (C=O) groups is 1. The van der Waals surface area contributed by atoms with Gasteiger partial charge in [0.1, 0.15) is 0 Å². The van der Waals surface area contributed by atoms with Gasteiger partial charge in [0.25, 0.3) is 0 Å². The van der Waals surface area contributed by atoms with Crippen molar-refractivity contribution >= 4 is 5.97 Å². The summed E-state index contributed by atoms with van der Waals surface area (Å²) in [6.07, 6.45) is -0.336. The maximum absolute atomic E-state index is 11.1. The molecular weight excluding hydrogens is 228 g/mol. The van der Waals surface area contributed by atoms with Crippen LogP contribution in [0.15, 0.2) is 30.3 Å². The van der Waals surface area contributed by atoms with Crippen molar-refractivity contribution in [1.29, 1.82) is 0 Å². The summed E-state index contributed by atoms with van der Waals surface area (Å²) in [7, 11) is 0. The fourth-order valence-electron chi connectivity index (χ4n) is 2.32. The molecule has 3 atom stereocenters. The van der Waals surface area contributed by atoms with Gasteiger partial charge in [0.2, 0.25) is 0 Å². The molecule has 0 aliphatic rings. The van der Waals surface area contributed by atoms with E-state index in [9.17, 15) is 9.90 Å². The molecule has 1 aromatic carbocycles. The normalized spacial score (nSPS) is 16.3. The Hall–Kier alpha value is -1.35. The molecule has 100 valence electrons.